The Morgan fingerprint density at radius 1 is 0.525 bits per heavy atom. The second-order valence-electron chi connectivity index (χ2n) is 12.5. The molecule has 0 radical (unpaired) electrons. The number of aryl methyl sites for hydroxylation is 2. The van der Waals surface area contributed by atoms with Gasteiger partial charge in [0.2, 0.25) is 0 Å². The third kappa shape index (κ3) is 10.7. The number of fused-ring (bicyclic) bond motifs is 3. The number of carbonyl (C=O) groups is 1. The van der Waals surface area contributed by atoms with E-state index in [-0.39, 0.29) is 0 Å². The lowest BCUT2D eigenvalue weighted by Crippen LogP contribution is -2.10. The summed E-state index contributed by atoms with van der Waals surface area (Å²) in [6.07, 6.45) is 29.3. The Morgan fingerprint density at radius 2 is 0.850 bits per heavy atom. The molecule has 1 aliphatic rings. The predicted molar refractivity (Wildman–Crippen MR) is 172 cm³/mol. The fraction of sp³-hybridized carbons (Fsp3) is 0.658. The number of unbranched alkanes of at least 4 members (excludes halogenated alkanes) is 18. The molecule has 0 saturated carbocycles. The van der Waals surface area contributed by atoms with Crippen LogP contribution in [0.2, 0.25) is 0 Å². The van der Waals surface area contributed by atoms with Crippen molar-refractivity contribution in [2.24, 2.45) is 0 Å². The van der Waals surface area contributed by atoms with Crippen LogP contribution in [0, 0.1) is 0 Å². The first-order chi connectivity index (χ1) is 19.7. The summed E-state index contributed by atoms with van der Waals surface area (Å²) in [6.45, 7) is 4.56. The molecule has 0 saturated heterocycles. The molecular weight excluding hydrogens is 488 g/mol. The van der Waals surface area contributed by atoms with Gasteiger partial charge in [0.1, 0.15) is 5.92 Å². The lowest BCUT2D eigenvalue weighted by molar-refractivity contribution is -0.137. The van der Waals surface area contributed by atoms with E-state index in [2.05, 4.69) is 50.2 Å². The average Bonchev–Trinajstić information content (AvgIpc) is 3.28. The molecular formula is C38H58O2. The predicted octanol–water partition coefficient (Wildman–Crippen LogP) is 11.8. The van der Waals surface area contributed by atoms with Crippen LogP contribution in [-0.2, 0) is 17.6 Å². The molecule has 0 amide bonds. The molecule has 2 aromatic carbocycles. The lowest BCUT2D eigenvalue weighted by atomic mass is 9.95. The maximum atomic E-state index is 12.2. The minimum Gasteiger partial charge on any atom is -0.481 e. The van der Waals surface area contributed by atoms with E-state index < -0.39 is 11.9 Å². The highest BCUT2D eigenvalue weighted by molar-refractivity contribution is 5.93. The van der Waals surface area contributed by atoms with Crippen molar-refractivity contribution in [2.75, 3.05) is 0 Å². The fourth-order valence-corrected chi connectivity index (χ4v) is 6.55. The second-order valence-corrected chi connectivity index (χ2v) is 12.5. The Hall–Kier alpha value is -2.09. The van der Waals surface area contributed by atoms with Gasteiger partial charge in [-0.15, -0.1) is 0 Å². The molecule has 2 nitrogen and oxygen atoms in total. The normalized spacial score (nSPS) is 12.6. The number of benzene rings is 2. The van der Waals surface area contributed by atoms with Crippen molar-refractivity contribution in [1.29, 1.82) is 0 Å². The zero-order valence-electron chi connectivity index (χ0n) is 26.0. The van der Waals surface area contributed by atoms with Gasteiger partial charge < -0.3 is 5.11 Å². The summed E-state index contributed by atoms with van der Waals surface area (Å²) in [5, 5.41) is 10.1. The van der Waals surface area contributed by atoms with Crippen molar-refractivity contribution in [3.8, 4) is 11.1 Å². The SMILES string of the molecule is CCCCCCCCCCCCc1ccc2c(c1)-c1cc(CCCCCCCCCCCC)ccc1C2C(=O)O. The van der Waals surface area contributed by atoms with E-state index in [9.17, 15) is 9.90 Å². The largest absolute Gasteiger partial charge is 0.481 e. The molecule has 0 unspecified atom stereocenters. The van der Waals surface area contributed by atoms with E-state index in [0.29, 0.717) is 0 Å². The number of rotatable bonds is 23. The quantitative estimate of drug-likeness (QED) is 0.141. The van der Waals surface area contributed by atoms with Crippen LogP contribution in [0.5, 0.6) is 0 Å². The molecule has 0 heterocycles. The van der Waals surface area contributed by atoms with Gasteiger partial charge >= 0.3 is 5.97 Å². The van der Waals surface area contributed by atoms with Crippen molar-refractivity contribution < 1.29 is 9.90 Å². The number of hydrogen-bond donors (Lipinski definition) is 1. The molecule has 0 spiro atoms. The van der Waals surface area contributed by atoms with Gasteiger partial charge in [-0.2, -0.15) is 0 Å². The van der Waals surface area contributed by atoms with Crippen LogP contribution in [-0.4, -0.2) is 11.1 Å². The summed E-state index contributed by atoms with van der Waals surface area (Å²) in [6, 6.07) is 13.2. The van der Waals surface area contributed by atoms with E-state index in [4.69, 9.17) is 0 Å². The van der Waals surface area contributed by atoms with E-state index in [1.54, 1.807) is 0 Å². The second kappa shape index (κ2) is 19.1. The Morgan fingerprint density at radius 3 is 1.18 bits per heavy atom. The topological polar surface area (TPSA) is 37.3 Å². The van der Waals surface area contributed by atoms with Gasteiger partial charge in [0.15, 0.2) is 0 Å². The standard InChI is InChI=1S/C38H58O2/c1-3-5-7-9-11-13-15-17-19-21-23-31-25-27-33-35(29-31)36-30-32(26-28-34(36)37(33)38(39)40)24-22-20-18-16-14-12-10-8-6-4-2/h25-30,37H,3-24H2,1-2H3,(H,39,40). The van der Waals surface area contributed by atoms with E-state index in [1.807, 2.05) is 0 Å². The molecule has 2 heteroatoms. The summed E-state index contributed by atoms with van der Waals surface area (Å²) < 4.78 is 0. The molecule has 0 atom stereocenters. The first-order valence-corrected chi connectivity index (χ1v) is 17.1. The van der Waals surface area contributed by atoms with Crippen LogP contribution < -0.4 is 0 Å². The summed E-state index contributed by atoms with van der Waals surface area (Å²) in [4.78, 5) is 12.2. The fourth-order valence-electron chi connectivity index (χ4n) is 6.55. The monoisotopic (exact) mass is 546 g/mol. The molecule has 1 aliphatic carbocycles. The minimum absolute atomic E-state index is 0.525. The molecule has 3 rings (SSSR count). The van der Waals surface area contributed by atoms with Crippen LogP contribution in [0.1, 0.15) is 170 Å². The highest BCUT2D eigenvalue weighted by Gasteiger charge is 2.34. The number of hydrogen-bond acceptors (Lipinski definition) is 1. The van der Waals surface area contributed by atoms with Gasteiger partial charge in [-0.1, -0.05) is 166 Å². The maximum Gasteiger partial charge on any atom is 0.315 e. The zero-order chi connectivity index (χ0) is 28.4. The highest BCUT2D eigenvalue weighted by Crippen LogP contribution is 2.46. The Labute approximate surface area is 246 Å². The van der Waals surface area contributed by atoms with Gasteiger partial charge in [0.05, 0.1) is 0 Å². The number of aliphatic carboxylic acids is 1. The Kier molecular flexibility index (Phi) is 15.5. The molecule has 0 fully saturated rings. The van der Waals surface area contributed by atoms with E-state index in [0.717, 1.165) is 35.1 Å². The Balaban J connectivity index is 1.46. The van der Waals surface area contributed by atoms with Gasteiger partial charge in [-0.3, -0.25) is 4.79 Å². The molecule has 2 aromatic rings. The third-order valence-electron chi connectivity index (χ3n) is 9.03. The highest BCUT2D eigenvalue weighted by atomic mass is 16.4. The van der Waals surface area contributed by atoms with Crippen molar-refractivity contribution in [1.82, 2.24) is 0 Å². The smallest absolute Gasteiger partial charge is 0.315 e. The van der Waals surface area contributed by atoms with Crippen LogP contribution >= 0.6 is 0 Å². The lowest BCUT2D eigenvalue weighted by Gasteiger charge is -2.09. The third-order valence-corrected chi connectivity index (χ3v) is 9.03. The van der Waals surface area contributed by atoms with Gasteiger partial charge in [-0.05, 0) is 59.1 Å². The molecule has 0 aliphatic heterocycles. The zero-order valence-corrected chi connectivity index (χ0v) is 26.0. The summed E-state index contributed by atoms with van der Waals surface area (Å²) in [5.41, 5.74) is 7.00. The van der Waals surface area contributed by atoms with Crippen molar-refractivity contribution in [2.45, 2.75) is 161 Å². The average molecular weight is 547 g/mol. The van der Waals surface area contributed by atoms with Gasteiger partial charge in [0, 0.05) is 0 Å². The van der Waals surface area contributed by atoms with Crippen molar-refractivity contribution >= 4 is 5.97 Å². The summed E-state index contributed by atoms with van der Waals surface area (Å²) >= 11 is 0. The number of carboxylic acid groups (broad SMARTS) is 1. The first-order valence-electron chi connectivity index (χ1n) is 17.1. The van der Waals surface area contributed by atoms with Crippen molar-refractivity contribution in [3.63, 3.8) is 0 Å². The van der Waals surface area contributed by atoms with Gasteiger partial charge in [-0.25, -0.2) is 0 Å². The van der Waals surface area contributed by atoms with E-state index >= 15 is 0 Å². The number of carboxylic acids is 1. The maximum absolute atomic E-state index is 12.2. The Bertz CT molecular complexity index is 917. The van der Waals surface area contributed by atoms with Crippen LogP contribution in [0.3, 0.4) is 0 Å². The van der Waals surface area contributed by atoms with Crippen LogP contribution in [0.25, 0.3) is 11.1 Å². The summed E-state index contributed by atoms with van der Waals surface area (Å²) in [7, 11) is 0. The molecule has 1 N–H and O–H groups in total. The first kappa shape index (κ1) is 32.4. The molecule has 222 valence electrons. The minimum atomic E-state index is -0.732. The van der Waals surface area contributed by atoms with E-state index in [1.165, 1.54) is 140 Å². The van der Waals surface area contributed by atoms with Crippen LogP contribution in [0.4, 0.5) is 0 Å². The molecule has 40 heavy (non-hydrogen) atoms. The molecule has 0 aromatic heterocycles. The molecule has 0 bridgehead atoms. The van der Waals surface area contributed by atoms with Crippen LogP contribution in [0.15, 0.2) is 36.4 Å². The van der Waals surface area contributed by atoms with Crippen molar-refractivity contribution in [3.05, 3.63) is 58.7 Å². The van der Waals surface area contributed by atoms with Gasteiger partial charge in [0.25, 0.3) is 0 Å². The summed E-state index contributed by atoms with van der Waals surface area (Å²) in [5.74, 6) is -1.26.